The summed E-state index contributed by atoms with van der Waals surface area (Å²) in [5.41, 5.74) is 3.73. The van der Waals surface area contributed by atoms with E-state index in [4.69, 9.17) is 4.74 Å². The summed E-state index contributed by atoms with van der Waals surface area (Å²) in [6, 6.07) is 15.5. The van der Waals surface area contributed by atoms with Crippen molar-refractivity contribution in [2.75, 3.05) is 44.7 Å². The number of nitrogens with zero attached hydrogens (tertiary/aromatic N) is 2. The summed E-state index contributed by atoms with van der Waals surface area (Å²) in [5.74, 6) is 0.289. The van der Waals surface area contributed by atoms with Gasteiger partial charge in [0, 0.05) is 30.9 Å². The molecule has 1 saturated heterocycles. The summed E-state index contributed by atoms with van der Waals surface area (Å²) in [6.45, 7) is 8.83. The van der Waals surface area contributed by atoms with Gasteiger partial charge in [-0.2, -0.15) is 0 Å². The standard InChI is InChI=1S/C22H28N4O2/c1-17-6-8-20(9-7-17)24-22(23-10-11-26-12-14-28-15-13-26)25-21(27)19-5-3-4-18(2)16-19/h3-9,16H,10-15H2,1-2H3,(H2,23,24,25,27). The first kappa shape index (κ1) is 20.0. The van der Waals surface area contributed by atoms with Gasteiger partial charge in [-0.25, -0.2) is 0 Å². The molecule has 2 N–H and O–H groups in total. The Bertz CT molecular complexity index is 812. The van der Waals surface area contributed by atoms with Gasteiger partial charge in [0.05, 0.1) is 19.8 Å². The molecule has 1 amide bonds. The molecule has 0 aromatic heterocycles. The molecule has 0 aliphatic carbocycles. The van der Waals surface area contributed by atoms with Crippen LogP contribution in [0.2, 0.25) is 0 Å². The van der Waals surface area contributed by atoms with Crippen molar-refractivity contribution in [2.24, 2.45) is 4.99 Å². The molecule has 1 heterocycles. The van der Waals surface area contributed by atoms with Gasteiger partial charge < -0.3 is 10.1 Å². The lowest BCUT2D eigenvalue weighted by molar-refractivity contribution is 0.0394. The number of carbonyl (C=O) groups excluding carboxylic acids is 1. The molecule has 0 spiro atoms. The Morgan fingerprint density at radius 2 is 1.82 bits per heavy atom. The van der Waals surface area contributed by atoms with Gasteiger partial charge in [0.1, 0.15) is 0 Å². The predicted octanol–water partition coefficient (Wildman–Crippen LogP) is 2.83. The van der Waals surface area contributed by atoms with Crippen molar-refractivity contribution in [1.29, 1.82) is 0 Å². The summed E-state index contributed by atoms with van der Waals surface area (Å²) in [7, 11) is 0. The van der Waals surface area contributed by atoms with Crippen LogP contribution in [0.25, 0.3) is 0 Å². The van der Waals surface area contributed by atoms with Crippen molar-refractivity contribution < 1.29 is 9.53 Å². The third-order valence-electron chi connectivity index (χ3n) is 4.62. The number of hydrogen-bond donors (Lipinski definition) is 2. The van der Waals surface area contributed by atoms with E-state index >= 15 is 0 Å². The molecule has 0 atom stereocenters. The second kappa shape index (κ2) is 10.0. The molecule has 2 aromatic carbocycles. The van der Waals surface area contributed by atoms with Gasteiger partial charge in [0.25, 0.3) is 5.91 Å². The van der Waals surface area contributed by atoms with Crippen LogP contribution in [-0.2, 0) is 4.74 Å². The molecule has 6 nitrogen and oxygen atoms in total. The molecule has 1 fully saturated rings. The smallest absolute Gasteiger partial charge is 0.257 e. The Morgan fingerprint density at radius 1 is 1.07 bits per heavy atom. The summed E-state index contributed by atoms with van der Waals surface area (Å²) in [4.78, 5) is 19.6. The molecule has 1 aliphatic heterocycles. The Balaban J connectivity index is 1.68. The minimum atomic E-state index is -0.173. The molecule has 148 valence electrons. The molecule has 6 heteroatoms. The first-order valence-corrected chi connectivity index (χ1v) is 9.66. The third-order valence-corrected chi connectivity index (χ3v) is 4.62. The Kier molecular flexibility index (Phi) is 7.17. The SMILES string of the molecule is Cc1ccc(NC(=NCCN2CCOCC2)NC(=O)c2cccc(C)c2)cc1. The first-order valence-electron chi connectivity index (χ1n) is 9.66. The zero-order valence-corrected chi connectivity index (χ0v) is 16.6. The maximum absolute atomic E-state index is 12.7. The van der Waals surface area contributed by atoms with Gasteiger partial charge >= 0.3 is 0 Å². The van der Waals surface area contributed by atoms with Gasteiger partial charge in [-0.3, -0.25) is 20.0 Å². The number of ether oxygens (including phenoxy) is 1. The van der Waals surface area contributed by atoms with Crippen LogP contribution >= 0.6 is 0 Å². The molecule has 28 heavy (non-hydrogen) atoms. The second-order valence-corrected chi connectivity index (χ2v) is 7.00. The lowest BCUT2D eigenvalue weighted by Crippen LogP contribution is -2.39. The number of morpholine rings is 1. The van der Waals surface area contributed by atoms with Gasteiger partial charge in [0.2, 0.25) is 5.96 Å². The van der Waals surface area contributed by atoms with Crippen LogP contribution in [0.15, 0.2) is 53.5 Å². The van der Waals surface area contributed by atoms with Crippen LogP contribution < -0.4 is 10.6 Å². The maximum atomic E-state index is 12.7. The average Bonchev–Trinajstić information content (AvgIpc) is 2.70. The highest BCUT2D eigenvalue weighted by Gasteiger charge is 2.12. The van der Waals surface area contributed by atoms with Crippen molar-refractivity contribution in [2.45, 2.75) is 13.8 Å². The minimum Gasteiger partial charge on any atom is -0.379 e. The van der Waals surface area contributed by atoms with Crippen molar-refractivity contribution in [3.8, 4) is 0 Å². The molecule has 0 unspecified atom stereocenters. The molecule has 2 aromatic rings. The van der Waals surface area contributed by atoms with E-state index in [2.05, 4.69) is 20.5 Å². The van der Waals surface area contributed by atoms with Gasteiger partial charge in [-0.15, -0.1) is 0 Å². The highest BCUT2D eigenvalue weighted by Crippen LogP contribution is 2.09. The highest BCUT2D eigenvalue weighted by molar-refractivity contribution is 6.10. The van der Waals surface area contributed by atoms with E-state index in [1.807, 2.05) is 56.3 Å². The second-order valence-electron chi connectivity index (χ2n) is 7.00. The molecular weight excluding hydrogens is 352 g/mol. The van der Waals surface area contributed by atoms with E-state index < -0.39 is 0 Å². The largest absolute Gasteiger partial charge is 0.379 e. The number of hydrogen-bond acceptors (Lipinski definition) is 4. The number of guanidine groups is 1. The minimum absolute atomic E-state index is 0.173. The van der Waals surface area contributed by atoms with Crippen molar-refractivity contribution >= 4 is 17.6 Å². The van der Waals surface area contributed by atoms with Crippen LogP contribution in [0.1, 0.15) is 21.5 Å². The fraction of sp³-hybridized carbons (Fsp3) is 0.364. The highest BCUT2D eigenvalue weighted by atomic mass is 16.5. The van der Waals surface area contributed by atoms with Crippen LogP contribution in [0.3, 0.4) is 0 Å². The van der Waals surface area contributed by atoms with Gasteiger partial charge in [-0.05, 0) is 38.1 Å². The molecular formula is C22H28N4O2. The lowest BCUT2D eigenvalue weighted by Gasteiger charge is -2.25. The topological polar surface area (TPSA) is 66.0 Å². The zero-order chi connectivity index (χ0) is 19.8. The molecule has 3 rings (SSSR count). The number of aliphatic imine (C=N–C) groups is 1. The van der Waals surface area contributed by atoms with E-state index in [1.165, 1.54) is 5.56 Å². The van der Waals surface area contributed by atoms with Crippen molar-refractivity contribution in [1.82, 2.24) is 10.2 Å². The first-order chi connectivity index (χ1) is 13.6. The Hall–Kier alpha value is -2.70. The average molecular weight is 380 g/mol. The predicted molar refractivity (Wildman–Crippen MR) is 113 cm³/mol. The molecule has 0 bridgehead atoms. The summed E-state index contributed by atoms with van der Waals surface area (Å²) in [6.07, 6.45) is 0. The number of benzene rings is 2. The van der Waals surface area contributed by atoms with Gasteiger partial charge in [-0.1, -0.05) is 35.4 Å². The number of anilines is 1. The molecule has 0 radical (unpaired) electrons. The maximum Gasteiger partial charge on any atom is 0.257 e. The van der Waals surface area contributed by atoms with Crippen LogP contribution in [0.5, 0.6) is 0 Å². The zero-order valence-electron chi connectivity index (χ0n) is 16.6. The number of nitrogens with one attached hydrogen (secondary N) is 2. The number of aryl methyl sites for hydroxylation is 2. The van der Waals surface area contributed by atoms with E-state index in [0.29, 0.717) is 18.1 Å². The number of amides is 1. The molecule has 1 aliphatic rings. The van der Waals surface area contributed by atoms with E-state index in [0.717, 1.165) is 44.1 Å². The normalized spacial score (nSPS) is 15.3. The summed E-state index contributed by atoms with van der Waals surface area (Å²) >= 11 is 0. The number of carbonyl (C=O) groups is 1. The fourth-order valence-electron chi connectivity index (χ4n) is 2.98. The Labute approximate surface area is 166 Å². The van der Waals surface area contributed by atoms with E-state index in [9.17, 15) is 4.79 Å². The lowest BCUT2D eigenvalue weighted by atomic mass is 10.1. The molecule has 0 saturated carbocycles. The van der Waals surface area contributed by atoms with Crippen LogP contribution in [-0.4, -0.2) is 56.2 Å². The Morgan fingerprint density at radius 3 is 2.54 bits per heavy atom. The van der Waals surface area contributed by atoms with E-state index in [1.54, 1.807) is 6.07 Å². The van der Waals surface area contributed by atoms with E-state index in [-0.39, 0.29) is 5.91 Å². The fourth-order valence-corrected chi connectivity index (χ4v) is 2.98. The van der Waals surface area contributed by atoms with Crippen LogP contribution in [0.4, 0.5) is 5.69 Å². The van der Waals surface area contributed by atoms with Crippen LogP contribution in [0, 0.1) is 13.8 Å². The van der Waals surface area contributed by atoms with Crippen molar-refractivity contribution in [3.05, 3.63) is 65.2 Å². The van der Waals surface area contributed by atoms with Gasteiger partial charge in [0.15, 0.2) is 0 Å². The summed E-state index contributed by atoms with van der Waals surface area (Å²) in [5, 5.41) is 6.15. The summed E-state index contributed by atoms with van der Waals surface area (Å²) < 4.78 is 5.38. The van der Waals surface area contributed by atoms with Crippen molar-refractivity contribution in [3.63, 3.8) is 0 Å². The third kappa shape index (κ3) is 6.18. The quantitative estimate of drug-likeness (QED) is 0.618. The monoisotopic (exact) mass is 380 g/mol. The number of rotatable bonds is 5.